The van der Waals surface area contributed by atoms with E-state index in [-0.39, 0.29) is 18.7 Å². The Balaban J connectivity index is 3.07. The Labute approximate surface area is 225 Å². The zero-order chi connectivity index (χ0) is 27.1. The van der Waals surface area contributed by atoms with Crippen molar-refractivity contribution in [2.75, 3.05) is 72.6 Å². The summed E-state index contributed by atoms with van der Waals surface area (Å²) in [5, 5.41) is 11.2. The van der Waals surface area contributed by atoms with E-state index in [9.17, 15) is 9.59 Å². The minimum atomic E-state index is -0.970. The van der Waals surface area contributed by atoms with E-state index >= 15 is 0 Å². The van der Waals surface area contributed by atoms with Gasteiger partial charge in [-0.05, 0) is 12.8 Å². The third kappa shape index (κ3) is 32.7. The van der Waals surface area contributed by atoms with Gasteiger partial charge >= 0.3 is 5.97 Å². The lowest BCUT2D eigenvalue weighted by Crippen LogP contribution is -2.25. The van der Waals surface area contributed by atoms with Crippen LogP contribution in [0.1, 0.15) is 96.8 Å². The molecule has 0 aliphatic heterocycles. The highest BCUT2D eigenvalue weighted by Crippen LogP contribution is 2.11. The van der Waals surface area contributed by atoms with Gasteiger partial charge in [0.15, 0.2) is 0 Å². The molecular weight excluding hydrogens is 478 g/mol. The zero-order valence-electron chi connectivity index (χ0n) is 23.5. The van der Waals surface area contributed by atoms with Crippen molar-refractivity contribution in [3.8, 4) is 0 Å². The molecule has 0 atom stereocenters. The minimum absolute atomic E-state index is 0.00610. The van der Waals surface area contributed by atoms with Gasteiger partial charge in [-0.1, -0.05) is 71.1 Å². The predicted octanol–water partition coefficient (Wildman–Crippen LogP) is 4.75. The Kier molecular flexibility index (Phi) is 29.9. The van der Waals surface area contributed by atoms with Gasteiger partial charge in [0.05, 0.1) is 59.3 Å². The zero-order valence-corrected chi connectivity index (χ0v) is 23.5. The van der Waals surface area contributed by atoms with E-state index in [2.05, 4.69) is 12.2 Å². The van der Waals surface area contributed by atoms with E-state index in [1.807, 2.05) is 0 Å². The lowest BCUT2D eigenvalue weighted by Gasteiger charge is -2.08. The second kappa shape index (κ2) is 31.0. The molecule has 0 saturated heterocycles. The summed E-state index contributed by atoms with van der Waals surface area (Å²) < 4.78 is 27.4. The van der Waals surface area contributed by atoms with E-state index in [1.165, 1.54) is 64.2 Å². The molecule has 0 aromatic carbocycles. The first-order valence-corrected chi connectivity index (χ1v) is 14.5. The van der Waals surface area contributed by atoms with Crippen molar-refractivity contribution in [1.29, 1.82) is 0 Å². The van der Waals surface area contributed by atoms with Crippen LogP contribution < -0.4 is 5.32 Å². The summed E-state index contributed by atoms with van der Waals surface area (Å²) in [6.07, 6.45) is 15.3. The van der Waals surface area contributed by atoms with Crippen LogP contribution in [-0.4, -0.2) is 89.6 Å². The molecule has 0 spiro atoms. The maximum Gasteiger partial charge on any atom is 0.303 e. The monoisotopic (exact) mass is 533 g/mol. The highest BCUT2D eigenvalue weighted by molar-refractivity contribution is 5.80. The highest BCUT2D eigenvalue weighted by atomic mass is 16.6. The number of aliphatic carboxylic acids is 1. The highest BCUT2D eigenvalue weighted by Gasteiger charge is 2.04. The number of nitrogens with one attached hydrogen (secondary N) is 1. The van der Waals surface area contributed by atoms with Crippen LogP contribution in [0.2, 0.25) is 0 Å². The normalized spacial score (nSPS) is 11.2. The maximum absolute atomic E-state index is 11.3. The molecule has 37 heavy (non-hydrogen) atoms. The van der Waals surface area contributed by atoms with Gasteiger partial charge in [0.2, 0.25) is 5.91 Å². The summed E-state index contributed by atoms with van der Waals surface area (Å²) in [7, 11) is 0. The number of carboxylic acid groups (broad SMARTS) is 1. The molecule has 0 saturated carbocycles. The summed E-state index contributed by atoms with van der Waals surface area (Å²) in [4.78, 5) is 21.7. The van der Waals surface area contributed by atoms with Crippen LogP contribution >= 0.6 is 0 Å². The molecule has 0 heterocycles. The number of carbonyl (C=O) groups excluding carboxylic acids is 1. The molecule has 0 aliphatic rings. The SMILES string of the molecule is CCCCCCCCCCCCCOCCOCCOCCOCCOCCCNC(=O)CCC(=O)O. The Morgan fingerprint density at radius 2 is 0.892 bits per heavy atom. The van der Waals surface area contributed by atoms with Crippen molar-refractivity contribution in [1.82, 2.24) is 5.32 Å². The standard InChI is InChI=1S/C28H55NO8/c1-2-3-4-5-6-7-8-9-10-11-12-17-33-19-21-35-23-25-37-26-24-36-22-20-34-18-13-16-29-27(30)14-15-28(31)32/h2-26H2,1H3,(H,29,30)(H,31,32). The van der Waals surface area contributed by atoms with Crippen LogP contribution in [0, 0.1) is 0 Å². The van der Waals surface area contributed by atoms with Gasteiger partial charge in [0, 0.05) is 26.2 Å². The van der Waals surface area contributed by atoms with Crippen LogP contribution in [-0.2, 0) is 33.3 Å². The molecule has 0 aromatic heterocycles. The molecule has 0 aliphatic carbocycles. The fourth-order valence-corrected chi connectivity index (χ4v) is 3.56. The van der Waals surface area contributed by atoms with Crippen molar-refractivity contribution in [3.63, 3.8) is 0 Å². The van der Waals surface area contributed by atoms with Gasteiger partial charge in [0.1, 0.15) is 0 Å². The van der Waals surface area contributed by atoms with Gasteiger partial charge in [-0.25, -0.2) is 0 Å². The molecule has 220 valence electrons. The van der Waals surface area contributed by atoms with Crippen molar-refractivity contribution in [2.45, 2.75) is 96.8 Å². The van der Waals surface area contributed by atoms with Crippen LogP contribution in [0.25, 0.3) is 0 Å². The molecule has 0 bridgehead atoms. The van der Waals surface area contributed by atoms with Gasteiger partial charge < -0.3 is 34.1 Å². The molecule has 0 aromatic rings. The molecule has 0 radical (unpaired) electrons. The predicted molar refractivity (Wildman–Crippen MR) is 145 cm³/mol. The molecule has 2 N–H and O–H groups in total. The molecule has 0 unspecified atom stereocenters. The number of carboxylic acids is 1. The molecule has 1 amide bonds. The fourth-order valence-electron chi connectivity index (χ4n) is 3.56. The number of amides is 1. The number of rotatable bonds is 31. The van der Waals surface area contributed by atoms with Crippen LogP contribution in [0.15, 0.2) is 0 Å². The summed E-state index contributed by atoms with van der Waals surface area (Å²) in [5.74, 6) is -1.22. The Hall–Kier alpha value is -1.26. The van der Waals surface area contributed by atoms with Crippen LogP contribution in [0.3, 0.4) is 0 Å². The van der Waals surface area contributed by atoms with Gasteiger partial charge in [-0.2, -0.15) is 0 Å². The Morgan fingerprint density at radius 3 is 1.32 bits per heavy atom. The van der Waals surface area contributed by atoms with Crippen LogP contribution in [0.4, 0.5) is 0 Å². The Bertz CT molecular complexity index is 493. The average molecular weight is 534 g/mol. The summed E-state index contributed by atoms with van der Waals surface area (Å²) >= 11 is 0. The average Bonchev–Trinajstić information content (AvgIpc) is 2.89. The number of unbranched alkanes of at least 4 members (excludes halogenated alkanes) is 10. The third-order valence-corrected chi connectivity index (χ3v) is 5.73. The second-order valence-corrected chi connectivity index (χ2v) is 9.19. The lowest BCUT2D eigenvalue weighted by molar-refractivity contribution is -0.138. The quantitative estimate of drug-likeness (QED) is 0.123. The molecule has 0 fully saturated rings. The van der Waals surface area contributed by atoms with Gasteiger partial charge in [-0.15, -0.1) is 0 Å². The van der Waals surface area contributed by atoms with Gasteiger partial charge in [-0.3, -0.25) is 9.59 Å². The van der Waals surface area contributed by atoms with Crippen LogP contribution in [0.5, 0.6) is 0 Å². The molecule has 9 nitrogen and oxygen atoms in total. The lowest BCUT2D eigenvalue weighted by atomic mass is 10.1. The topological polar surface area (TPSA) is 113 Å². The first-order valence-electron chi connectivity index (χ1n) is 14.5. The van der Waals surface area contributed by atoms with Crippen molar-refractivity contribution in [2.24, 2.45) is 0 Å². The second-order valence-electron chi connectivity index (χ2n) is 9.19. The molecule has 0 rings (SSSR count). The smallest absolute Gasteiger partial charge is 0.303 e. The summed E-state index contributed by atoms with van der Waals surface area (Å²) in [6.45, 7) is 8.39. The number of carbonyl (C=O) groups is 2. The first-order chi connectivity index (χ1) is 18.2. The molecular formula is C28H55NO8. The van der Waals surface area contributed by atoms with E-state index in [0.29, 0.717) is 72.4 Å². The summed E-state index contributed by atoms with van der Waals surface area (Å²) in [6, 6.07) is 0. The van der Waals surface area contributed by atoms with E-state index in [4.69, 9.17) is 28.8 Å². The maximum atomic E-state index is 11.3. The third-order valence-electron chi connectivity index (χ3n) is 5.73. The fraction of sp³-hybridized carbons (Fsp3) is 0.929. The minimum Gasteiger partial charge on any atom is -0.481 e. The number of ether oxygens (including phenoxy) is 5. The van der Waals surface area contributed by atoms with Crippen molar-refractivity contribution < 1.29 is 38.4 Å². The number of hydrogen-bond acceptors (Lipinski definition) is 7. The van der Waals surface area contributed by atoms with E-state index in [0.717, 1.165) is 13.0 Å². The van der Waals surface area contributed by atoms with E-state index < -0.39 is 5.97 Å². The van der Waals surface area contributed by atoms with Crippen molar-refractivity contribution in [3.05, 3.63) is 0 Å². The summed E-state index contributed by atoms with van der Waals surface area (Å²) in [5.41, 5.74) is 0. The number of hydrogen-bond donors (Lipinski definition) is 2. The first kappa shape index (κ1) is 35.7. The Morgan fingerprint density at radius 1 is 0.514 bits per heavy atom. The largest absolute Gasteiger partial charge is 0.481 e. The van der Waals surface area contributed by atoms with Crippen molar-refractivity contribution >= 4 is 11.9 Å². The van der Waals surface area contributed by atoms with Gasteiger partial charge in [0.25, 0.3) is 0 Å². The van der Waals surface area contributed by atoms with E-state index in [1.54, 1.807) is 0 Å². The molecule has 9 heteroatoms.